The van der Waals surface area contributed by atoms with Gasteiger partial charge < -0.3 is 10.2 Å². The molecule has 3 nitrogen and oxygen atoms in total. The van der Waals surface area contributed by atoms with E-state index in [0.717, 1.165) is 30.8 Å². The molecular formula is C15H24N2O. The average Bonchev–Trinajstić information content (AvgIpc) is 2.43. The van der Waals surface area contributed by atoms with Crippen molar-refractivity contribution in [3.63, 3.8) is 0 Å². The van der Waals surface area contributed by atoms with Crippen molar-refractivity contribution in [2.45, 2.75) is 27.2 Å². The molecule has 0 heterocycles. The monoisotopic (exact) mass is 248 g/mol. The van der Waals surface area contributed by atoms with Crippen LogP contribution in [0.2, 0.25) is 0 Å². The molecule has 0 aliphatic heterocycles. The van der Waals surface area contributed by atoms with Crippen molar-refractivity contribution in [3.8, 4) is 0 Å². The maximum Gasteiger partial charge on any atom is 0.255 e. The van der Waals surface area contributed by atoms with E-state index in [4.69, 9.17) is 0 Å². The molecule has 1 amide bonds. The molecule has 0 spiro atoms. The quantitative estimate of drug-likeness (QED) is 0.838. The van der Waals surface area contributed by atoms with Crippen LogP contribution in [0.25, 0.3) is 0 Å². The second-order valence-corrected chi connectivity index (χ2v) is 4.65. The fourth-order valence-electron chi connectivity index (χ4n) is 1.92. The highest BCUT2D eigenvalue weighted by Crippen LogP contribution is 2.17. The van der Waals surface area contributed by atoms with Crippen molar-refractivity contribution in [2.24, 2.45) is 5.92 Å². The Morgan fingerprint density at radius 3 is 2.56 bits per heavy atom. The molecule has 100 valence electrons. The number of carbonyl (C=O) groups excluding carboxylic acids is 1. The van der Waals surface area contributed by atoms with Gasteiger partial charge in [-0.3, -0.25) is 4.79 Å². The maximum atomic E-state index is 12.5. The van der Waals surface area contributed by atoms with Gasteiger partial charge in [0.25, 0.3) is 5.91 Å². The number of anilines is 1. The lowest BCUT2D eigenvalue weighted by atomic mass is 10.1. The van der Waals surface area contributed by atoms with Gasteiger partial charge in [0, 0.05) is 25.8 Å². The molecule has 0 aliphatic rings. The summed E-state index contributed by atoms with van der Waals surface area (Å²) in [5, 5.41) is 3.08. The van der Waals surface area contributed by atoms with E-state index in [1.165, 1.54) is 0 Å². The highest BCUT2D eigenvalue weighted by Gasteiger charge is 2.18. The van der Waals surface area contributed by atoms with Crippen LogP contribution in [0.1, 0.15) is 37.6 Å². The molecule has 0 fully saturated rings. The molecule has 0 aromatic heterocycles. The third kappa shape index (κ3) is 3.49. The molecule has 0 saturated heterocycles. The van der Waals surface area contributed by atoms with Gasteiger partial charge in [0.05, 0.1) is 5.56 Å². The molecule has 1 atom stereocenters. The minimum absolute atomic E-state index is 0.114. The first kappa shape index (κ1) is 14.6. The van der Waals surface area contributed by atoms with Gasteiger partial charge in [0.1, 0.15) is 0 Å². The van der Waals surface area contributed by atoms with Gasteiger partial charge >= 0.3 is 0 Å². The predicted molar refractivity (Wildman–Crippen MR) is 77.0 cm³/mol. The molecule has 1 unspecified atom stereocenters. The van der Waals surface area contributed by atoms with Crippen molar-refractivity contribution in [1.82, 2.24) is 4.90 Å². The zero-order valence-electron chi connectivity index (χ0n) is 11.9. The van der Waals surface area contributed by atoms with Gasteiger partial charge in [-0.05, 0) is 25.0 Å². The summed E-state index contributed by atoms with van der Waals surface area (Å²) in [5.41, 5.74) is 1.65. The molecule has 1 aromatic rings. The van der Waals surface area contributed by atoms with E-state index in [0.29, 0.717) is 5.92 Å². The third-order valence-electron chi connectivity index (χ3n) is 3.32. The summed E-state index contributed by atoms with van der Waals surface area (Å²) < 4.78 is 0. The largest absolute Gasteiger partial charge is 0.387 e. The van der Waals surface area contributed by atoms with Crippen molar-refractivity contribution < 1.29 is 4.79 Å². The van der Waals surface area contributed by atoms with Gasteiger partial charge in [0.15, 0.2) is 0 Å². The first-order valence-corrected chi connectivity index (χ1v) is 6.70. The Bertz CT molecular complexity index is 390. The van der Waals surface area contributed by atoms with E-state index >= 15 is 0 Å². The SMILES string of the molecule is CCC(C)CN(CC)C(=O)c1ccccc1NC. The topological polar surface area (TPSA) is 32.3 Å². The second kappa shape index (κ2) is 7.04. The number of benzene rings is 1. The number of nitrogens with one attached hydrogen (secondary N) is 1. The molecule has 0 radical (unpaired) electrons. The lowest BCUT2D eigenvalue weighted by Crippen LogP contribution is -2.34. The van der Waals surface area contributed by atoms with E-state index in [-0.39, 0.29) is 5.91 Å². The normalized spacial score (nSPS) is 12.0. The van der Waals surface area contributed by atoms with Crippen molar-refractivity contribution in [1.29, 1.82) is 0 Å². The summed E-state index contributed by atoms with van der Waals surface area (Å²) in [6, 6.07) is 7.66. The number of carbonyl (C=O) groups is 1. The van der Waals surface area contributed by atoms with Crippen LogP contribution in [0, 0.1) is 5.92 Å². The first-order valence-electron chi connectivity index (χ1n) is 6.70. The molecule has 0 bridgehead atoms. The molecule has 0 aliphatic carbocycles. The third-order valence-corrected chi connectivity index (χ3v) is 3.32. The highest BCUT2D eigenvalue weighted by atomic mass is 16.2. The van der Waals surface area contributed by atoms with Gasteiger partial charge in [0.2, 0.25) is 0 Å². The first-order chi connectivity index (χ1) is 8.63. The van der Waals surface area contributed by atoms with Crippen molar-refractivity contribution in [3.05, 3.63) is 29.8 Å². The molecule has 18 heavy (non-hydrogen) atoms. The van der Waals surface area contributed by atoms with Crippen molar-refractivity contribution >= 4 is 11.6 Å². The summed E-state index contributed by atoms with van der Waals surface area (Å²) in [5.74, 6) is 0.651. The molecule has 1 N–H and O–H groups in total. The van der Waals surface area contributed by atoms with Crippen LogP contribution in [0.4, 0.5) is 5.69 Å². The molecule has 0 saturated carbocycles. The van der Waals surface area contributed by atoms with Crippen LogP contribution >= 0.6 is 0 Å². The number of nitrogens with zero attached hydrogens (tertiary/aromatic N) is 1. The summed E-state index contributed by atoms with van der Waals surface area (Å²) in [7, 11) is 1.84. The van der Waals surface area contributed by atoms with Crippen LogP contribution in [-0.4, -0.2) is 30.9 Å². The van der Waals surface area contributed by atoms with Crippen LogP contribution in [0.15, 0.2) is 24.3 Å². The smallest absolute Gasteiger partial charge is 0.255 e. The average molecular weight is 248 g/mol. The second-order valence-electron chi connectivity index (χ2n) is 4.65. The van der Waals surface area contributed by atoms with E-state index in [2.05, 4.69) is 19.2 Å². The predicted octanol–water partition coefficient (Wildman–Crippen LogP) is 3.24. The number of hydrogen-bond donors (Lipinski definition) is 1. The zero-order valence-corrected chi connectivity index (χ0v) is 11.9. The Morgan fingerprint density at radius 2 is 2.00 bits per heavy atom. The highest BCUT2D eigenvalue weighted by molar-refractivity contribution is 5.99. The standard InChI is InChI=1S/C15H24N2O/c1-5-12(3)11-17(6-2)15(18)13-9-7-8-10-14(13)16-4/h7-10,12,16H,5-6,11H2,1-4H3. The number of amides is 1. The van der Waals surface area contributed by atoms with Crippen LogP contribution < -0.4 is 5.32 Å². The fraction of sp³-hybridized carbons (Fsp3) is 0.533. The molecule has 1 aromatic carbocycles. The maximum absolute atomic E-state index is 12.5. The van der Waals surface area contributed by atoms with Crippen LogP contribution in [0.5, 0.6) is 0 Å². The summed E-state index contributed by atoms with van der Waals surface area (Å²) >= 11 is 0. The summed E-state index contributed by atoms with van der Waals surface area (Å²) in [6.45, 7) is 7.94. The molecule has 1 rings (SSSR count). The summed E-state index contributed by atoms with van der Waals surface area (Å²) in [4.78, 5) is 14.4. The van der Waals surface area contributed by atoms with Crippen LogP contribution in [-0.2, 0) is 0 Å². The minimum Gasteiger partial charge on any atom is -0.387 e. The Labute approximate surface area is 110 Å². The van der Waals surface area contributed by atoms with Crippen LogP contribution in [0.3, 0.4) is 0 Å². The van der Waals surface area contributed by atoms with Gasteiger partial charge in [-0.15, -0.1) is 0 Å². The van der Waals surface area contributed by atoms with E-state index < -0.39 is 0 Å². The number of para-hydroxylation sites is 1. The van der Waals surface area contributed by atoms with Gasteiger partial charge in [-0.25, -0.2) is 0 Å². The summed E-state index contributed by atoms with van der Waals surface area (Å²) in [6.07, 6.45) is 1.09. The molecule has 3 heteroatoms. The Balaban J connectivity index is 2.89. The van der Waals surface area contributed by atoms with E-state index in [1.54, 1.807) is 0 Å². The Kier molecular flexibility index (Phi) is 5.69. The number of rotatable bonds is 6. The lowest BCUT2D eigenvalue weighted by Gasteiger charge is -2.25. The molecular weight excluding hydrogens is 224 g/mol. The van der Waals surface area contributed by atoms with Crippen molar-refractivity contribution in [2.75, 3.05) is 25.5 Å². The van der Waals surface area contributed by atoms with E-state index in [1.807, 2.05) is 43.1 Å². The Hall–Kier alpha value is -1.51. The fourth-order valence-corrected chi connectivity index (χ4v) is 1.92. The minimum atomic E-state index is 0.114. The van der Waals surface area contributed by atoms with E-state index in [9.17, 15) is 4.79 Å². The number of hydrogen-bond acceptors (Lipinski definition) is 2. The van der Waals surface area contributed by atoms with Gasteiger partial charge in [-0.2, -0.15) is 0 Å². The lowest BCUT2D eigenvalue weighted by molar-refractivity contribution is 0.0742. The van der Waals surface area contributed by atoms with Gasteiger partial charge in [-0.1, -0.05) is 32.4 Å². The Morgan fingerprint density at radius 1 is 1.33 bits per heavy atom. The zero-order chi connectivity index (χ0) is 13.5.